The topological polar surface area (TPSA) is 64.0 Å². The summed E-state index contributed by atoms with van der Waals surface area (Å²) in [5, 5.41) is 2.99. The number of carbonyl (C=O) groups is 1. The van der Waals surface area contributed by atoms with Gasteiger partial charge in [0, 0.05) is 40.8 Å². The maximum atomic E-state index is 12.9. The molecule has 28 heavy (non-hydrogen) atoms. The Bertz CT molecular complexity index is 1020. The maximum absolute atomic E-state index is 12.9. The molecular formula is C22H25N3O2S. The first-order valence-corrected chi connectivity index (χ1v) is 10.1. The number of rotatable bonds is 6. The molecule has 6 heteroatoms. The Morgan fingerprint density at radius 3 is 2.68 bits per heavy atom. The number of aromatic nitrogens is 2. The summed E-state index contributed by atoms with van der Waals surface area (Å²) < 4.78 is 1.55. The van der Waals surface area contributed by atoms with Crippen molar-refractivity contribution in [1.82, 2.24) is 14.9 Å². The molecule has 0 saturated carbocycles. The van der Waals surface area contributed by atoms with Crippen LogP contribution in [0.3, 0.4) is 0 Å². The zero-order valence-corrected chi connectivity index (χ0v) is 17.5. The van der Waals surface area contributed by atoms with Crippen molar-refractivity contribution in [3.8, 4) is 0 Å². The number of nitrogens with zero attached hydrogens (tertiary/aromatic N) is 2. The minimum Gasteiger partial charge on any atom is -0.349 e. The highest BCUT2D eigenvalue weighted by Gasteiger charge is 2.18. The van der Waals surface area contributed by atoms with Gasteiger partial charge in [-0.15, -0.1) is 11.3 Å². The fraction of sp³-hybridized carbons (Fsp3) is 0.318. The zero-order chi connectivity index (χ0) is 20.3. The highest BCUT2D eigenvalue weighted by molar-refractivity contribution is 7.12. The number of nitrogens with one attached hydrogen (secondary N) is 1. The predicted molar refractivity (Wildman–Crippen MR) is 113 cm³/mol. The van der Waals surface area contributed by atoms with Crippen LogP contribution in [0.2, 0.25) is 0 Å². The van der Waals surface area contributed by atoms with Gasteiger partial charge >= 0.3 is 0 Å². The Hall–Kier alpha value is -2.73. The number of thiophene rings is 1. The van der Waals surface area contributed by atoms with E-state index < -0.39 is 0 Å². The molecule has 3 rings (SSSR count). The molecule has 0 spiro atoms. The van der Waals surface area contributed by atoms with Crippen LogP contribution in [0.15, 0.2) is 47.7 Å². The summed E-state index contributed by atoms with van der Waals surface area (Å²) >= 11 is 1.75. The second kappa shape index (κ2) is 8.52. The Labute approximate surface area is 169 Å². The first-order chi connectivity index (χ1) is 13.3. The largest absolute Gasteiger partial charge is 0.349 e. The second-order valence-corrected chi connectivity index (χ2v) is 8.54. The summed E-state index contributed by atoms with van der Waals surface area (Å²) in [6, 6.07) is 7.65. The standard InChI is InChI=1S/C22H25N3O2S/c1-14-7-9-25(13-18-6-5-8-23-12-18)22(27)20(14)21(26)24-16(3)11-19-10-15(2)17(4)28-19/h5-10,12,16H,11,13H2,1-4H3,(H,24,26). The van der Waals surface area contributed by atoms with E-state index in [1.165, 1.54) is 15.3 Å². The van der Waals surface area contributed by atoms with Crippen LogP contribution in [-0.2, 0) is 13.0 Å². The number of amides is 1. The van der Waals surface area contributed by atoms with Crippen molar-refractivity contribution < 1.29 is 4.79 Å². The van der Waals surface area contributed by atoms with Crippen LogP contribution in [0.4, 0.5) is 0 Å². The molecule has 1 amide bonds. The lowest BCUT2D eigenvalue weighted by atomic mass is 10.1. The van der Waals surface area contributed by atoms with E-state index in [0.717, 1.165) is 12.0 Å². The van der Waals surface area contributed by atoms with Gasteiger partial charge in [-0.3, -0.25) is 14.6 Å². The number of pyridine rings is 2. The number of carbonyl (C=O) groups excluding carboxylic acids is 1. The predicted octanol–water partition coefficient (Wildman–Crippen LogP) is 3.64. The van der Waals surface area contributed by atoms with E-state index in [9.17, 15) is 9.59 Å². The average molecular weight is 396 g/mol. The molecule has 0 fully saturated rings. The Balaban J connectivity index is 1.77. The van der Waals surface area contributed by atoms with Gasteiger partial charge in [-0.05, 0) is 62.6 Å². The van der Waals surface area contributed by atoms with Gasteiger partial charge in [0.2, 0.25) is 0 Å². The van der Waals surface area contributed by atoms with E-state index in [-0.39, 0.29) is 23.1 Å². The molecule has 3 aromatic rings. The highest BCUT2D eigenvalue weighted by Crippen LogP contribution is 2.21. The van der Waals surface area contributed by atoms with Crippen molar-refractivity contribution in [2.24, 2.45) is 0 Å². The van der Waals surface area contributed by atoms with Crippen molar-refractivity contribution in [2.75, 3.05) is 0 Å². The van der Waals surface area contributed by atoms with E-state index in [1.807, 2.05) is 25.1 Å². The van der Waals surface area contributed by atoms with Crippen molar-refractivity contribution >= 4 is 17.2 Å². The van der Waals surface area contributed by atoms with Gasteiger partial charge in [0.1, 0.15) is 5.56 Å². The Morgan fingerprint density at radius 1 is 1.25 bits per heavy atom. The van der Waals surface area contributed by atoms with E-state index in [2.05, 4.69) is 30.2 Å². The molecule has 0 aliphatic carbocycles. The molecule has 0 aromatic carbocycles. The van der Waals surface area contributed by atoms with Crippen LogP contribution in [-0.4, -0.2) is 21.5 Å². The lowest BCUT2D eigenvalue weighted by molar-refractivity contribution is 0.0937. The number of hydrogen-bond donors (Lipinski definition) is 1. The summed E-state index contributed by atoms with van der Waals surface area (Å²) in [6.07, 6.45) is 5.89. The molecule has 0 radical (unpaired) electrons. The molecule has 0 aliphatic rings. The van der Waals surface area contributed by atoms with Gasteiger partial charge in [0.15, 0.2) is 0 Å². The van der Waals surface area contributed by atoms with Crippen molar-refractivity contribution in [3.63, 3.8) is 0 Å². The fourth-order valence-electron chi connectivity index (χ4n) is 3.15. The lowest BCUT2D eigenvalue weighted by Crippen LogP contribution is -2.39. The third-order valence-electron chi connectivity index (χ3n) is 4.78. The smallest absolute Gasteiger partial charge is 0.263 e. The van der Waals surface area contributed by atoms with Crippen LogP contribution >= 0.6 is 11.3 Å². The average Bonchev–Trinajstić information content (AvgIpc) is 2.95. The molecule has 0 bridgehead atoms. The number of aryl methyl sites for hydroxylation is 3. The number of hydrogen-bond acceptors (Lipinski definition) is 4. The molecule has 1 atom stereocenters. The molecule has 0 aliphatic heterocycles. The second-order valence-electron chi connectivity index (χ2n) is 7.20. The van der Waals surface area contributed by atoms with Crippen LogP contribution in [0.1, 0.15) is 43.7 Å². The molecule has 146 valence electrons. The van der Waals surface area contributed by atoms with Crippen molar-refractivity contribution in [3.05, 3.63) is 85.2 Å². The normalized spacial score (nSPS) is 12.0. The quantitative estimate of drug-likeness (QED) is 0.693. The monoisotopic (exact) mass is 395 g/mol. The Morgan fingerprint density at radius 2 is 2.04 bits per heavy atom. The molecule has 1 unspecified atom stereocenters. The molecule has 1 N–H and O–H groups in total. The fourth-order valence-corrected chi connectivity index (χ4v) is 4.34. The maximum Gasteiger partial charge on any atom is 0.263 e. The van der Waals surface area contributed by atoms with Gasteiger partial charge in [0.25, 0.3) is 11.5 Å². The first-order valence-electron chi connectivity index (χ1n) is 9.31. The van der Waals surface area contributed by atoms with Gasteiger partial charge in [-0.2, -0.15) is 0 Å². The molecule has 3 heterocycles. The van der Waals surface area contributed by atoms with E-state index >= 15 is 0 Å². The van der Waals surface area contributed by atoms with Gasteiger partial charge in [0.05, 0.1) is 6.54 Å². The minimum atomic E-state index is -0.319. The van der Waals surface area contributed by atoms with Gasteiger partial charge in [-0.25, -0.2) is 0 Å². The first kappa shape index (κ1) is 20.0. The molecular weight excluding hydrogens is 370 g/mol. The SMILES string of the molecule is Cc1cc(CC(C)NC(=O)c2c(C)ccn(Cc3cccnc3)c2=O)sc1C. The minimum absolute atomic E-state index is 0.0595. The third kappa shape index (κ3) is 4.57. The van der Waals surface area contributed by atoms with Gasteiger partial charge in [-0.1, -0.05) is 6.07 Å². The van der Waals surface area contributed by atoms with Crippen LogP contribution in [0.25, 0.3) is 0 Å². The summed E-state index contributed by atoms with van der Waals surface area (Å²) in [7, 11) is 0. The summed E-state index contributed by atoms with van der Waals surface area (Å²) in [6.45, 7) is 8.34. The van der Waals surface area contributed by atoms with Crippen LogP contribution in [0.5, 0.6) is 0 Å². The van der Waals surface area contributed by atoms with E-state index in [1.54, 1.807) is 41.4 Å². The van der Waals surface area contributed by atoms with Crippen molar-refractivity contribution in [1.29, 1.82) is 0 Å². The third-order valence-corrected chi connectivity index (χ3v) is 5.95. The van der Waals surface area contributed by atoms with E-state index in [4.69, 9.17) is 0 Å². The Kier molecular flexibility index (Phi) is 6.09. The zero-order valence-electron chi connectivity index (χ0n) is 16.7. The molecule has 0 saturated heterocycles. The summed E-state index contributed by atoms with van der Waals surface area (Å²) in [5.41, 5.74) is 2.79. The lowest BCUT2D eigenvalue weighted by Gasteiger charge is -2.15. The molecule has 3 aromatic heterocycles. The van der Waals surface area contributed by atoms with Crippen LogP contribution in [0, 0.1) is 20.8 Å². The van der Waals surface area contributed by atoms with E-state index in [0.29, 0.717) is 12.1 Å². The van der Waals surface area contributed by atoms with Gasteiger partial charge < -0.3 is 9.88 Å². The molecule has 5 nitrogen and oxygen atoms in total. The summed E-state index contributed by atoms with van der Waals surface area (Å²) in [4.78, 5) is 32.4. The van der Waals surface area contributed by atoms with Crippen LogP contribution < -0.4 is 10.9 Å². The highest BCUT2D eigenvalue weighted by atomic mass is 32.1. The summed E-state index contributed by atoms with van der Waals surface area (Å²) in [5.74, 6) is -0.319. The van der Waals surface area contributed by atoms with Crippen molar-refractivity contribution in [2.45, 2.75) is 46.7 Å².